The van der Waals surface area contributed by atoms with Gasteiger partial charge in [-0.2, -0.15) is 0 Å². The van der Waals surface area contributed by atoms with Crippen LogP contribution in [0.25, 0.3) is 5.69 Å². The molecule has 7 heteroatoms. The molecule has 3 rings (SSSR count). The first kappa shape index (κ1) is 16.9. The fourth-order valence-corrected chi connectivity index (χ4v) is 3.34. The van der Waals surface area contributed by atoms with Gasteiger partial charge < -0.3 is 10.3 Å². The molecule has 1 aromatic carbocycles. The number of aryl methyl sites for hydroxylation is 2. The maximum Gasteiger partial charge on any atom is 0.257 e. The van der Waals surface area contributed by atoms with E-state index < -0.39 is 5.91 Å². The van der Waals surface area contributed by atoms with Gasteiger partial charge in [-0.3, -0.25) is 14.9 Å². The maximum absolute atomic E-state index is 12.3. The second-order valence-corrected chi connectivity index (χ2v) is 6.60. The maximum atomic E-state index is 12.3. The summed E-state index contributed by atoms with van der Waals surface area (Å²) < 4.78 is 2.12. The molecule has 0 saturated carbocycles. The lowest BCUT2D eigenvalue weighted by Gasteiger charge is -2.10. The largest absolute Gasteiger partial charge is 0.369 e. The van der Waals surface area contributed by atoms with E-state index >= 15 is 0 Å². The van der Waals surface area contributed by atoms with Gasteiger partial charge in [0.2, 0.25) is 5.91 Å². The predicted molar refractivity (Wildman–Crippen MR) is 98.2 cm³/mol. The fraction of sp³-hybridized carbons (Fsp3) is 0.167. The van der Waals surface area contributed by atoms with Crippen molar-refractivity contribution in [3.05, 3.63) is 64.4 Å². The molecule has 0 aliphatic carbocycles. The zero-order valence-electron chi connectivity index (χ0n) is 13.9. The molecule has 2 heterocycles. The van der Waals surface area contributed by atoms with Gasteiger partial charge in [0, 0.05) is 28.0 Å². The molecule has 3 N–H and O–H groups in total. The van der Waals surface area contributed by atoms with Crippen molar-refractivity contribution in [1.29, 1.82) is 0 Å². The highest BCUT2D eigenvalue weighted by Crippen LogP contribution is 2.19. The molecule has 0 unspecified atom stereocenters. The SMILES string of the molecule is Cc1ccc(C)n1-c1ccc(C(=O)Nc2nc(CC(N)=O)cs2)cc1. The molecule has 2 amide bonds. The smallest absolute Gasteiger partial charge is 0.257 e. The first-order valence-corrected chi connectivity index (χ1v) is 8.61. The second kappa shape index (κ2) is 6.90. The van der Waals surface area contributed by atoms with Crippen LogP contribution in [0.1, 0.15) is 27.4 Å². The highest BCUT2D eigenvalue weighted by Gasteiger charge is 2.11. The van der Waals surface area contributed by atoms with Crippen LogP contribution >= 0.6 is 11.3 Å². The molecular formula is C18H18N4O2S. The van der Waals surface area contributed by atoms with Gasteiger partial charge in [0.05, 0.1) is 12.1 Å². The van der Waals surface area contributed by atoms with Gasteiger partial charge in [-0.25, -0.2) is 4.98 Å². The molecule has 3 aromatic rings. The number of primary amides is 1. The first-order valence-electron chi connectivity index (χ1n) is 7.73. The molecule has 25 heavy (non-hydrogen) atoms. The molecule has 0 bridgehead atoms. The summed E-state index contributed by atoms with van der Waals surface area (Å²) in [6.45, 7) is 4.08. The van der Waals surface area contributed by atoms with E-state index in [9.17, 15) is 9.59 Å². The molecule has 0 radical (unpaired) electrons. The number of amides is 2. The van der Waals surface area contributed by atoms with E-state index in [1.807, 2.05) is 26.0 Å². The minimum absolute atomic E-state index is 0.0661. The molecule has 0 fully saturated rings. The van der Waals surface area contributed by atoms with E-state index in [0.717, 1.165) is 17.1 Å². The van der Waals surface area contributed by atoms with Gasteiger partial charge in [0.1, 0.15) is 0 Å². The Hall–Kier alpha value is -2.93. The van der Waals surface area contributed by atoms with Crippen LogP contribution in [-0.4, -0.2) is 21.4 Å². The minimum atomic E-state index is -0.450. The Labute approximate surface area is 149 Å². The van der Waals surface area contributed by atoms with Gasteiger partial charge in [-0.05, 0) is 50.2 Å². The monoisotopic (exact) mass is 354 g/mol. The molecule has 0 aliphatic rings. The number of hydrogen-bond donors (Lipinski definition) is 2. The van der Waals surface area contributed by atoms with Crippen molar-refractivity contribution in [1.82, 2.24) is 9.55 Å². The van der Waals surface area contributed by atoms with Crippen molar-refractivity contribution in [2.75, 3.05) is 5.32 Å². The zero-order valence-corrected chi connectivity index (χ0v) is 14.8. The summed E-state index contributed by atoms with van der Waals surface area (Å²) in [4.78, 5) is 27.4. The quantitative estimate of drug-likeness (QED) is 0.738. The summed E-state index contributed by atoms with van der Waals surface area (Å²) >= 11 is 1.26. The van der Waals surface area contributed by atoms with E-state index in [2.05, 4.69) is 27.0 Å². The van der Waals surface area contributed by atoms with Crippen LogP contribution in [0, 0.1) is 13.8 Å². The number of carbonyl (C=O) groups excluding carboxylic acids is 2. The third-order valence-electron chi connectivity index (χ3n) is 3.79. The van der Waals surface area contributed by atoms with Crippen LogP contribution in [0.5, 0.6) is 0 Å². The average Bonchev–Trinajstić information content (AvgIpc) is 3.13. The number of hydrogen-bond acceptors (Lipinski definition) is 4. The van der Waals surface area contributed by atoms with Crippen molar-refractivity contribution < 1.29 is 9.59 Å². The van der Waals surface area contributed by atoms with Crippen molar-refractivity contribution in [3.63, 3.8) is 0 Å². The van der Waals surface area contributed by atoms with Crippen molar-refractivity contribution >= 4 is 28.3 Å². The average molecular weight is 354 g/mol. The van der Waals surface area contributed by atoms with Gasteiger partial charge in [0.15, 0.2) is 5.13 Å². The van der Waals surface area contributed by atoms with Crippen LogP contribution in [0.15, 0.2) is 41.8 Å². The number of anilines is 1. The van der Waals surface area contributed by atoms with E-state index in [1.165, 1.54) is 11.3 Å². The zero-order chi connectivity index (χ0) is 18.0. The molecule has 0 atom stereocenters. The van der Waals surface area contributed by atoms with Crippen LogP contribution < -0.4 is 11.1 Å². The molecule has 2 aromatic heterocycles. The highest BCUT2D eigenvalue weighted by atomic mass is 32.1. The highest BCUT2D eigenvalue weighted by molar-refractivity contribution is 7.14. The fourth-order valence-electron chi connectivity index (χ4n) is 2.63. The number of carbonyl (C=O) groups is 2. The summed E-state index contributed by atoms with van der Waals surface area (Å²) in [5, 5.41) is 4.89. The third-order valence-corrected chi connectivity index (χ3v) is 4.59. The third kappa shape index (κ3) is 3.77. The Morgan fingerprint density at radius 2 is 1.76 bits per heavy atom. The standard InChI is InChI=1S/C18H18N4O2S/c1-11-3-4-12(2)22(11)15-7-5-13(6-8-15)17(24)21-18-20-14(10-25-18)9-16(19)23/h3-8,10H,9H2,1-2H3,(H2,19,23)(H,20,21,24). The number of thiazole rings is 1. The lowest BCUT2D eigenvalue weighted by Crippen LogP contribution is -2.14. The summed E-state index contributed by atoms with van der Waals surface area (Å²) in [6, 6.07) is 11.5. The molecule has 0 saturated heterocycles. The number of nitrogens with one attached hydrogen (secondary N) is 1. The van der Waals surface area contributed by atoms with Crippen LogP contribution in [0.3, 0.4) is 0 Å². The Morgan fingerprint density at radius 1 is 1.12 bits per heavy atom. The second-order valence-electron chi connectivity index (χ2n) is 5.74. The molecule has 6 nitrogen and oxygen atoms in total. The van der Waals surface area contributed by atoms with Crippen LogP contribution in [0.2, 0.25) is 0 Å². The lowest BCUT2D eigenvalue weighted by molar-refractivity contribution is -0.117. The molecule has 128 valence electrons. The van der Waals surface area contributed by atoms with Crippen molar-refractivity contribution in [2.24, 2.45) is 5.73 Å². The van der Waals surface area contributed by atoms with E-state index in [1.54, 1.807) is 17.5 Å². The molecule has 0 spiro atoms. The normalized spacial score (nSPS) is 10.6. The van der Waals surface area contributed by atoms with Crippen molar-refractivity contribution in [3.8, 4) is 5.69 Å². The van der Waals surface area contributed by atoms with E-state index in [0.29, 0.717) is 16.4 Å². The lowest BCUT2D eigenvalue weighted by atomic mass is 10.2. The molecule has 0 aliphatic heterocycles. The van der Waals surface area contributed by atoms with Gasteiger partial charge in [0.25, 0.3) is 5.91 Å². The molecular weight excluding hydrogens is 336 g/mol. The summed E-state index contributed by atoms with van der Waals surface area (Å²) in [5.41, 5.74) is 9.52. The number of benzene rings is 1. The number of aromatic nitrogens is 2. The summed E-state index contributed by atoms with van der Waals surface area (Å²) in [5.74, 6) is -0.693. The number of nitrogens with two attached hydrogens (primary N) is 1. The minimum Gasteiger partial charge on any atom is -0.369 e. The topological polar surface area (TPSA) is 90.0 Å². The number of rotatable bonds is 5. The van der Waals surface area contributed by atoms with Gasteiger partial charge in [-0.15, -0.1) is 11.3 Å². The summed E-state index contributed by atoms with van der Waals surface area (Å²) in [6.07, 6.45) is 0.0661. The Kier molecular flexibility index (Phi) is 4.67. The number of nitrogens with zero attached hydrogens (tertiary/aromatic N) is 2. The predicted octanol–water partition coefficient (Wildman–Crippen LogP) is 2.83. The van der Waals surface area contributed by atoms with Gasteiger partial charge in [-0.1, -0.05) is 0 Å². The Morgan fingerprint density at radius 3 is 2.36 bits per heavy atom. The first-order chi connectivity index (χ1) is 11.9. The van der Waals surface area contributed by atoms with E-state index in [-0.39, 0.29) is 12.3 Å². The van der Waals surface area contributed by atoms with E-state index in [4.69, 9.17) is 5.73 Å². The van der Waals surface area contributed by atoms with Crippen molar-refractivity contribution in [2.45, 2.75) is 20.3 Å². The van der Waals surface area contributed by atoms with Crippen LogP contribution in [-0.2, 0) is 11.2 Å². The van der Waals surface area contributed by atoms with Gasteiger partial charge >= 0.3 is 0 Å². The Bertz CT molecular complexity index is 905. The summed E-state index contributed by atoms with van der Waals surface area (Å²) in [7, 11) is 0. The van der Waals surface area contributed by atoms with Crippen LogP contribution in [0.4, 0.5) is 5.13 Å². The Balaban J connectivity index is 1.73.